The summed E-state index contributed by atoms with van der Waals surface area (Å²) in [7, 11) is 0. The lowest BCUT2D eigenvalue weighted by Crippen LogP contribution is -2.50. The van der Waals surface area contributed by atoms with Crippen molar-refractivity contribution < 1.29 is 18.8 Å². The second-order valence-corrected chi connectivity index (χ2v) is 9.13. The molecule has 176 valence electrons. The number of nitrogens with zero attached hydrogens (tertiary/aromatic N) is 5. The first-order valence-corrected chi connectivity index (χ1v) is 11.6. The number of rotatable bonds is 2. The summed E-state index contributed by atoms with van der Waals surface area (Å²) in [4.78, 5) is 44.7. The predicted octanol–water partition coefficient (Wildman–Crippen LogP) is 3.30. The Kier molecular flexibility index (Phi) is 4.26. The fourth-order valence-corrected chi connectivity index (χ4v) is 5.80. The lowest BCUT2D eigenvalue weighted by atomic mass is 9.88. The van der Waals surface area contributed by atoms with Crippen LogP contribution in [0.15, 0.2) is 78.9 Å². The summed E-state index contributed by atoms with van der Waals surface area (Å²) in [6.07, 6.45) is 3.80. The third kappa shape index (κ3) is 2.70. The molecule has 4 heterocycles. The summed E-state index contributed by atoms with van der Waals surface area (Å²) in [5.41, 5.74) is 3.03. The largest absolute Gasteiger partial charge is 0.351 e. The zero-order valence-electron chi connectivity index (χ0n) is 18.7. The Bertz CT molecular complexity index is 1610. The first kappa shape index (κ1) is 20.7. The van der Waals surface area contributed by atoms with Crippen LogP contribution in [0.2, 0.25) is 0 Å². The molecule has 0 bridgehead atoms. The minimum absolute atomic E-state index is 0.282. The van der Waals surface area contributed by atoms with Crippen LogP contribution in [0, 0.1) is 17.7 Å². The van der Waals surface area contributed by atoms with E-state index < -0.39 is 47.5 Å². The van der Waals surface area contributed by atoms with Crippen molar-refractivity contribution in [3.63, 3.8) is 0 Å². The van der Waals surface area contributed by atoms with Gasteiger partial charge in [0.15, 0.2) is 0 Å². The number of carbonyl (C=O) groups excluding carboxylic acids is 3. The Morgan fingerprint density at radius 3 is 2.42 bits per heavy atom. The van der Waals surface area contributed by atoms with Gasteiger partial charge in [-0.2, -0.15) is 4.68 Å². The molecule has 3 aliphatic heterocycles. The molecule has 9 heteroatoms. The van der Waals surface area contributed by atoms with Crippen LogP contribution >= 0.6 is 0 Å². The Morgan fingerprint density at radius 2 is 1.58 bits per heavy atom. The number of hydrogen-bond donors (Lipinski definition) is 0. The monoisotopic (exact) mass is 479 g/mol. The van der Waals surface area contributed by atoms with Gasteiger partial charge in [0.25, 0.3) is 5.91 Å². The number of halogens is 1. The van der Waals surface area contributed by atoms with Crippen LogP contribution in [0.5, 0.6) is 0 Å². The zero-order chi connectivity index (χ0) is 24.6. The van der Waals surface area contributed by atoms with E-state index in [9.17, 15) is 18.8 Å². The summed E-state index contributed by atoms with van der Waals surface area (Å²) in [6, 6.07) is 18.4. The number of aromatic nitrogens is 3. The van der Waals surface area contributed by atoms with Gasteiger partial charge in [0.05, 0.1) is 29.1 Å². The van der Waals surface area contributed by atoms with Crippen molar-refractivity contribution in [3.05, 3.63) is 90.3 Å². The molecule has 0 radical (unpaired) electrons. The fraction of sp³-hybridized carbons (Fsp3) is 0.148. The van der Waals surface area contributed by atoms with Crippen molar-refractivity contribution in [1.82, 2.24) is 15.0 Å². The molecule has 0 aliphatic carbocycles. The van der Waals surface area contributed by atoms with Crippen molar-refractivity contribution in [2.75, 3.05) is 9.80 Å². The maximum atomic E-state index is 14.1. The molecule has 0 spiro atoms. The SMILES string of the molecule is O=C1[C@@H]2[C@H](C(=O)N1c1ccc(F)cc1)[C@@H](C(=O)n1nnc3ccccc31)N1c3ccccc3C=C[C@@H]21. The summed E-state index contributed by atoms with van der Waals surface area (Å²) < 4.78 is 14.8. The molecule has 3 aromatic carbocycles. The number of fused-ring (bicyclic) bond motifs is 6. The van der Waals surface area contributed by atoms with Crippen LogP contribution in [0.3, 0.4) is 0 Å². The van der Waals surface area contributed by atoms with Crippen LogP contribution in [0.25, 0.3) is 17.1 Å². The van der Waals surface area contributed by atoms with Crippen molar-refractivity contribution in [1.29, 1.82) is 0 Å². The molecule has 2 fully saturated rings. The van der Waals surface area contributed by atoms with E-state index in [-0.39, 0.29) is 5.69 Å². The Labute approximate surface area is 204 Å². The number of benzene rings is 3. The van der Waals surface area contributed by atoms with Crippen LogP contribution in [0.4, 0.5) is 15.8 Å². The van der Waals surface area contributed by atoms with E-state index in [1.807, 2.05) is 41.3 Å². The topological polar surface area (TPSA) is 88.4 Å². The minimum atomic E-state index is -0.988. The minimum Gasteiger partial charge on any atom is -0.351 e. The Morgan fingerprint density at radius 1 is 0.861 bits per heavy atom. The molecule has 0 saturated carbocycles. The molecule has 4 atom stereocenters. The van der Waals surface area contributed by atoms with Gasteiger partial charge < -0.3 is 4.90 Å². The highest BCUT2D eigenvalue weighted by molar-refractivity contribution is 6.25. The van der Waals surface area contributed by atoms with Crippen LogP contribution in [0.1, 0.15) is 10.4 Å². The third-order valence-electron chi connectivity index (χ3n) is 7.31. The second kappa shape index (κ2) is 7.42. The van der Waals surface area contributed by atoms with Crippen LogP contribution < -0.4 is 9.80 Å². The van der Waals surface area contributed by atoms with E-state index in [0.29, 0.717) is 11.0 Å². The summed E-state index contributed by atoms with van der Waals surface area (Å²) in [5.74, 6) is -3.53. The zero-order valence-corrected chi connectivity index (χ0v) is 18.7. The van der Waals surface area contributed by atoms with Crippen molar-refractivity contribution in [3.8, 4) is 0 Å². The maximum Gasteiger partial charge on any atom is 0.272 e. The molecule has 2 saturated heterocycles. The van der Waals surface area contributed by atoms with Crippen molar-refractivity contribution in [2.24, 2.45) is 11.8 Å². The van der Waals surface area contributed by atoms with E-state index in [0.717, 1.165) is 16.2 Å². The lowest BCUT2D eigenvalue weighted by molar-refractivity contribution is -0.122. The van der Waals surface area contributed by atoms with E-state index in [1.54, 1.807) is 24.3 Å². The molecule has 2 amide bonds. The number of hydrogen-bond acceptors (Lipinski definition) is 6. The summed E-state index contributed by atoms with van der Waals surface area (Å²) in [5, 5.41) is 8.21. The van der Waals surface area contributed by atoms with Gasteiger partial charge in [0, 0.05) is 5.69 Å². The van der Waals surface area contributed by atoms with E-state index in [4.69, 9.17) is 0 Å². The van der Waals surface area contributed by atoms with Crippen molar-refractivity contribution >= 4 is 46.2 Å². The van der Waals surface area contributed by atoms with Gasteiger partial charge in [0.2, 0.25) is 11.8 Å². The van der Waals surface area contributed by atoms with E-state index >= 15 is 0 Å². The maximum absolute atomic E-state index is 14.1. The van der Waals surface area contributed by atoms with Crippen molar-refractivity contribution in [2.45, 2.75) is 12.1 Å². The molecular formula is C27H18FN5O3. The average Bonchev–Trinajstić information content (AvgIpc) is 3.56. The highest BCUT2D eigenvalue weighted by atomic mass is 19.1. The van der Waals surface area contributed by atoms with Gasteiger partial charge in [-0.1, -0.05) is 47.7 Å². The van der Waals surface area contributed by atoms with Gasteiger partial charge in [-0.15, -0.1) is 5.10 Å². The molecule has 3 aliphatic rings. The first-order valence-electron chi connectivity index (χ1n) is 11.6. The second-order valence-electron chi connectivity index (χ2n) is 9.13. The van der Waals surface area contributed by atoms with Gasteiger partial charge in [-0.25, -0.2) is 9.29 Å². The average molecular weight is 479 g/mol. The molecule has 7 rings (SSSR count). The third-order valence-corrected chi connectivity index (χ3v) is 7.31. The Hall–Kier alpha value is -4.66. The Balaban J connectivity index is 1.39. The fourth-order valence-electron chi connectivity index (χ4n) is 5.80. The molecule has 1 aromatic heterocycles. The standard InChI is InChI=1S/C27H18FN5O3/c28-16-10-12-17(13-11-16)31-25(34)22-21-14-9-15-5-1-3-7-19(15)32(21)24(23(22)26(31)35)27(36)33-20-8-4-2-6-18(20)29-30-33/h1-14,21-24H/t21-,22-,23-,24-/m0/s1. The molecule has 36 heavy (non-hydrogen) atoms. The number of para-hydroxylation sites is 2. The number of amides is 2. The van der Waals surface area contributed by atoms with Gasteiger partial charge in [-0.3, -0.25) is 14.4 Å². The number of anilines is 2. The molecular weight excluding hydrogens is 461 g/mol. The quantitative estimate of drug-likeness (QED) is 0.410. The van der Waals surface area contributed by atoms with Gasteiger partial charge in [-0.05, 0) is 48.0 Å². The predicted molar refractivity (Wildman–Crippen MR) is 130 cm³/mol. The first-order chi connectivity index (χ1) is 17.5. The molecule has 4 aromatic rings. The molecule has 0 N–H and O–H groups in total. The smallest absolute Gasteiger partial charge is 0.272 e. The van der Waals surface area contributed by atoms with Crippen LogP contribution in [-0.2, 0) is 9.59 Å². The summed E-state index contributed by atoms with van der Waals surface area (Å²) in [6.45, 7) is 0. The van der Waals surface area contributed by atoms with E-state index in [2.05, 4.69) is 10.3 Å². The number of imide groups is 1. The van der Waals surface area contributed by atoms with Gasteiger partial charge >= 0.3 is 0 Å². The van der Waals surface area contributed by atoms with E-state index in [1.165, 1.54) is 28.9 Å². The van der Waals surface area contributed by atoms with Crippen LogP contribution in [-0.4, -0.2) is 44.8 Å². The highest BCUT2D eigenvalue weighted by Crippen LogP contribution is 2.49. The lowest BCUT2D eigenvalue weighted by Gasteiger charge is -2.36. The molecule has 8 nitrogen and oxygen atoms in total. The normalized spacial score (nSPS) is 24.2. The highest BCUT2D eigenvalue weighted by Gasteiger charge is 2.64. The summed E-state index contributed by atoms with van der Waals surface area (Å²) >= 11 is 0. The molecule has 0 unspecified atom stereocenters. The number of carbonyl (C=O) groups is 3. The van der Waals surface area contributed by atoms with Gasteiger partial charge in [0.1, 0.15) is 17.4 Å².